The SMILES string of the molecule is Fc1cncc(N2CCOCC2)n1. The highest BCUT2D eigenvalue weighted by Crippen LogP contribution is 2.10. The van der Waals surface area contributed by atoms with Crippen LogP contribution in [0.3, 0.4) is 0 Å². The van der Waals surface area contributed by atoms with E-state index in [9.17, 15) is 4.39 Å². The van der Waals surface area contributed by atoms with Crippen LogP contribution < -0.4 is 4.90 Å². The Morgan fingerprint density at radius 2 is 2.08 bits per heavy atom. The molecule has 1 aliphatic rings. The average molecular weight is 183 g/mol. The van der Waals surface area contributed by atoms with Gasteiger partial charge in [-0.15, -0.1) is 0 Å². The number of anilines is 1. The van der Waals surface area contributed by atoms with E-state index in [-0.39, 0.29) is 0 Å². The Balaban J connectivity index is 2.14. The van der Waals surface area contributed by atoms with Gasteiger partial charge in [-0.3, -0.25) is 4.98 Å². The molecule has 0 radical (unpaired) electrons. The molecule has 5 heteroatoms. The summed E-state index contributed by atoms with van der Waals surface area (Å²) in [4.78, 5) is 9.44. The number of morpholine rings is 1. The van der Waals surface area contributed by atoms with Gasteiger partial charge in [0.15, 0.2) is 5.82 Å². The number of hydrogen-bond donors (Lipinski definition) is 0. The number of rotatable bonds is 1. The van der Waals surface area contributed by atoms with E-state index >= 15 is 0 Å². The second-order valence-corrected chi connectivity index (χ2v) is 2.80. The van der Waals surface area contributed by atoms with Crippen molar-refractivity contribution in [2.75, 3.05) is 31.2 Å². The second kappa shape index (κ2) is 3.66. The van der Waals surface area contributed by atoms with Gasteiger partial charge < -0.3 is 9.64 Å². The molecule has 70 valence electrons. The topological polar surface area (TPSA) is 38.2 Å². The zero-order chi connectivity index (χ0) is 9.10. The van der Waals surface area contributed by atoms with Crippen LogP contribution in [0.15, 0.2) is 12.4 Å². The van der Waals surface area contributed by atoms with Gasteiger partial charge in [0.1, 0.15) is 0 Å². The molecular formula is C8H10FN3O. The van der Waals surface area contributed by atoms with Gasteiger partial charge in [-0.05, 0) is 0 Å². The number of nitrogens with zero attached hydrogens (tertiary/aromatic N) is 3. The Kier molecular flexibility index (Phi) is 2.35. The molecule has 1 fully saturated rings. The van der Waals surface area contributed by atoms with E-state index in [1.54, 1.807) is 6.20 Å². The van der Waals surface area contributed by atoms with Crippen molar-refractivity contribution in [1.29, 1.82) is 0 Å². The van der Waals surface area contributed by atoms with Crippen molar-refractivity contribution in [2.45, 2.75) is 0 Å². The smallest absolute Gasteiger partial charge is 0.233 e. The highest BCUT2D eigenvalue weighted by Gasteiger charge is 2.12. The Hall–Kier alpha value is -1.23. The lowest BCUT2D eigenvalue weighted by Crippen LogP contribution is -2.36. The van der Waals surface area contributed by atoms with Crippen LogP contribution in [-0.4, -0.2) is 36.3 Å². The second-order valence-electron chi connectivity index (χ2n) is 2.80. The predicted molar refractivity (Wildman–Crippen MR) is 45.0 cm³/mol. The summed E-state index contributed by atoms with van der Waals surface area (Å²) in [5.74, 6) is 0.0484. The van der Waals surface area contributed by atoms with Crippen LogP contribution in [0.25, 0.3) is 0 Å². The first-order valence-electron chi connectivity index (χ1n) is 4.16. The van der Waals surface area contributed by atoms with Crippen molar-refractivity contribution in [3.8, 4) is 0 Å². The molecular weight excluding hydrogens is 173 g/mol. The standard InChI is InChI=1S/C8H10FN3O/c9-7-5-10-6-8(11-7)12-1-3-13-4-2-12/h5-6H,1-4H2. The van der Waals surface area contributed by atoms with Crippen molar-refractivity contribution in [1.82, 2.24) is 9.97 Å². The molecule has 0 unspecified atom stereocenters. The van der Waals surface area contributed by atoms with Crippen LogP contribution >= 0.6 is 0 Å². The van der Waals surface area contributed by atoms with E-state index in [2.05, 4.69) is 9.97 Å². The van der Waals surface area contributed by atoms with Crippen LogP contribution in [0.2, 0.25) is 0 Å². The summed E-state index contributed by atoms with van der Waals surface area (Å²) in [6, 6.07) is 0. The van der Waals surface area contributed by atoms with Crippen molar-refractivity contribution in [2.24, 2.45) is 0 Å². The van der Waals surface area contributed by atoms with Crippen LogP contribution in [0, 0.1) is 5.95 Å². The van der Waals surface area contributed by atoms with E-state index in [4.69, 9.17) is 4.74 Å². The third kappa shape index (κ3) is 1.92. The molecule has 0 bridgehead atoms. The van der Waals surface area contributed by atoms with E-state index in [1.807, 2.05) is 4.90 Å². The van der Waals surface area contributed by atoms with Gasteiger partial charge in [-0.25, -0.2) is 0 Å². The van der Waals surface area contributed by atoms with Gasteiger partial charge in [-0.2, -0.15) is 9.37 Å². The quantitative estimate of drug-likeness (QED) is 0.633. The summed E-state index contributed by atoms with van der Waals surface area (Å²) >= 11 is 0. The highest BCUT2D eigenvalue weighted by atomic mass is 19.1. The van der Waals surface area contributed by atoms with Crippen LogP contribution in [-0.2, 0) is 4.74 Å². The van der Waals surface area contributed by atoms with Crippen molar-refractivity contribution >= 4 is 5.82 Å². The van der Waals surface area contributed by atoms with Crippen LogP contribution in [0.4, 0.5) is 10.2 Å². The van der Waals surface area contributed by atoms with Gasteiger partial charge in [0, 0.05) is 13.1 Å². The molecule has 2 heterocycles. The monoisotopic (exact) mass is 183 g/mol. The van der Waals surface area contributed by atoms with Crippen molar-refractivity contribution < 1.29 is 9.13 Å². The molecule has 1 aliphatic heterocycles. The van der Waals surface area contributed by atoms with Crippen molar-refractivity contribution in [3.05, 3.63) is 18.3 Å². The summed E-state index contributed by atoms with van der Waals surface area (Å²) in [5, 5.41) is 0. The minimum Gasteiger partial charge on any atom is -0.378 e. The number of aromatic nitrogens is 2. The minimum absolute atomic E-state index is 0.538. The molecule has 1 saturated heterocycles. The normalized spacial score (nSPS) is 17.5. The molecule has 2 rings (SSSR count). The predicted octanol–water partition coefficient (Wildman–Crippen LogP) is 0.452. The minimum atomic E-state index is -0.538. The summed E-state index contributed by atoms with van der Waals surface area (Å²) in [7, 11) is 0. The molecule has 1 aromatic heterocycles. The molecule has 0 amide bonds. The fourth-order valence-electron chi connectivity index (χ4n) is 1.28. The zero-order valence-electron chi connectivity index (χ0n) is 7.11. The molecule has 0 N–H and O–H groups in total. The third-order valence-corrected chi connectivity index (χ3v) is 1.93. The largest absolute Gasteiger partial charge is 0.378 e. The van der Waals surface area contributed by atoms with Gasteiger partial charge in [0.2, 0.25) is 5.95 Å². The number of hydrogen-bond acceptors (Lipinski definition) is 4. The Labute approximate surface area is 75.4 Å². The molecule has 0 spiro atoms. The summed E-state index contributed by atoms with van der Waals surface area (Å²) < 4.78 is 17.9. The number of halogens is 1. The lowest BCUT2D eigenvalue weighted by atomic mass is 10.4. The highest BCUT2D eigenvalue weighted by molar-refractivity contribution is 5.35. The maximum absolute atomic E-state index is 12.7. The molecule has 1 aromatic rings. The van der Waals surface area contributed by atoms with E-state index in [0.29, 0.717) is 19.0 Å². The maximum atomic E-state index is 12.7. The summed E-state index contributed by atoms with van der Waals surface area (Å²) in [5.41, 5.74) is 0. The molecule has 13 heavy (non-hydrogen) atoms. The average Bonchev–Trinajstić information content (AvgIpc) is 2.19. The first kappa shape index (κ1) is 8.37. The van der Waals surface area contributed by atoms with Crippen molar-refractivity contribution in [3.63, 3.8) is 0 Å². The first-order valence-corrected chi connectivity index (χ1v) is 4.16. The Morgan fingerprint density at radius 1 is 1.31 bits per heavy atom. The van der Waals surface area contributed by atoms with E-state index < -0.39 is 5.95 Å². The third-order valence-electron chi connectivity index (χ3n) is 1.93. The lowest BCUT2D eigenvalue weighted by Gasteiger charge is -2.27. The summed E-state index contributed by atoms with van der Waals surface area (Å²) in [6.07, 6.45) is 2.67. The van der Waals surface area contributed by atoms with Gasteiger partial charge >= 0.3 is 0 Å². The lowest BCUT2D eigenvalue weighted by molar-refractivity contribution is 0.122. The Morgan fingerprint density at radius 3 is 2.77 bits per heavy atom. The van der Waals surface area contributed by atoms with E-state index in [0.717, 1.165) is 19.3 Å². The molecule has 0 aliphatic carbocycles. The zero-order valence-corrected chi connectivity index (χ0v) is 7.11. The summed E-state index contributed by atoms with van der Waals surface area (Å²) in [6.45, 7) is 2.83. The van der Waals surface area contributed by atoms with Crippen LogP contribution in [0.1, 0.15) is 0 Å². The molecule has 0 aromatic carbocycles. The Bertz CT molecular complexity index is 288. The fraction of sp³-hybridized carbons (Fsp3) is 0.500. The van der Waals surface area contributed by atoms with Gasteiger partial charge in [0.25, 0.3) is 0 Å². The number of ether oxygens (including phenoxy) is 1. The van der Waals surface area contributed by atoms with Crippen LogP contribution in [0.5, 0.6) is 0 Å². The first-order chi connectivity index (χ1) is 6.36. The van der Waals surface area contributed by atoms with E-state index in [1.165, 1.54) is 0 Å². The molecule has 4 nitrogen and oxygen atoms in total. The molecule has 0 saturated carbocycles. The van der Waals surface area contributed by atoms with Gasteiger partial charge in [-0.1, -0.05) is 0 Å². The van der Waals surface area contributed by atoms with Gasteiger partial charge in [0.05, 0.1) is 25.6 Å². The molecule has 0 atom stereocenters. The fourth-order valence-corrected chi connectivity index (χ4v) is 1.28. The maximum Gasteiger partial charge on any atom is 0.233 e.